The zero-order valence-corrected chi connectivity index (χ0v) is 15.4. The summed E-state index contributed by atoms with van der Waals surface area (Å²) in [6.07, 6.45) is 4.42. The molecule has 6 nitrogen and oxygen atoms in total. The van der Waals surface area contributed by atoms with Crippen LogP contribution in [0.3, 0.4) is 0 Å². The summed E-state index contributed by atoms with van der Waals surface area (Å²) in [5, 5.41) is 0. The van der Waals surface area contributed by atoms with E-state index in [1.165, 1.54) is 12.0 Å². The summed E-state index contributed by atoms with van der Waals surface area (Å²) in [5.41, 5.74) is 2.33. The number of urea groups is 1. The quantitative estimate of drug-likeness (QED) is 0.812. The van der Waals surface area contributed by atoms with Gasteiger partial charge in [-0.3, -0.25) is 9.69 Å². The van der Waals surface area contributed by atoms with E-state index in [9.17, 15) is 9.59 Å². The van der Waals surface area contributed by atoms with E-state index < -0.39 is 0 Å². The Morgan fingerprint density at radius 1 is 0.808 bits per heavy atom. The van der Waals surface area contributed by atoms with E-state index >= 15 is 0 Å². The molecule has 140 valence electrons. The highest BCUT2D eigenvalue weighted by atomic mass is 16.2. The smallest absolute Gasteiger partial charge is 0.320 e. The molecular formula is C20H28N4O2. The summed E-state index contributed by atoms with van der Waals surface area (Å²) in [7, 11) is 0. The van der Waals surface area contributed by atoms with Crippen LogP contribution in [0.5, 0.6) is 0 Å². The number of benzene rings is 1. The fraction of sp³-hybridized carbons (Fsp3) is 0.600. The van der Waals surface area contributed by atoms with Crippen molar-refractivity contribution in [2.45, 2.75) is 25.7 Å². The lowest BCUT2D eigenvalue weighted by atomic mass is 10.1. The summed E-state index contributed by atoms with van der Waals surface area (Å²) in [4.78, 5) is 33.4. The van der Waals surface area contributed by atoms with Crippen LogP contribution in [0.1, 0.15) is 24.8 Å². The Morgan fingerprint density at radius 2 is 1.50 bits per heavy atom. The van der Waals surface area contributed by atoms with Crippen LogP contribution in [-0.2, 0) is 11.2 Å². The van der Waals surface area contributed by atoms with Crippen LogP contribution >= 0.6 is 0 Å². The molecule has 1 aromatic carbocycles. The minimum Gasteiger partial charge on any atom is -0.325 e. The minimum absolute atomic E-state index is 0.172. The number of carbonyl (C=O) groups excluding carboxylic acids is 2. The molecule has 3 amide bonds. The fourth-order valence-corrected chi connectivity index (χ4v) is 4.26. The van der Waals surface area contributed by atoms with Gasteiger partial charge < -0.3 is 14.7 Å². The molecule has 26 heavy (non-hydrogen) atoms. The molecule has 3 heterocycles. The highest BCUT2D eigenvalue weighted by molar-refractivity contribution is 5.96. The third-order valence-corrected chi connectivity index (χ3v) is 5.82. The molecule has 0 radical (unpaired) electrons. The van der Waals surface area contributed by atoms with Crippen molar-refractivity contribution < 1.29 is 9.59 Å². The van der Waals surface area contributed by atoms with Crippen molar-refractivity contribution >= 4 is 17.6 Å². The van der Waals surface area contributed by atoms with Crippen molar-refractivity contribution in [2.75, 3.05) is 57.3 Å². The van der Waals surface area contributed by atoms with Crippen molar-refractivity contribution in [3.8, 4) is 0 Å². The average Bonchev–Trinajstić information content (AvgIpc) is 3.13. The highest BCUT2D eigenvalue weighted by Crippen LogP contribution is 2.27. The summed E-state index contributed by atoms with van der Waals surface area (Å²) in [6, 6.07) is 8.35. The first-order chi connectivity index (χ1) is 12.7. The van der Waals surface area contributed by atoms with Crippen LogP contribution in [0, 0.1) is 0 Å². The number of carbonyl (C=O) groups is 2. The number of anilines is 1. The van der Waals surface area contributed by atoms with Gasteiger partial charge >= 0.3 is 6.03 Å². The number of piperazine rings is 1. The van der Waals surface area contributed by atoms with E-state index in [4.69, 9.17) is 0 Å². The van der Waals surface area contributed by atoms with Crippen LogP contribution in [0.2, 0.25) is 0 Å². The second-order valence-corrected chi connectivity index (χ2v) is 7.52. The molecule has 0 bridgehead atoms. The monoisotopic (exact) mass is 356 g/mol. The fourth-order valence-electron chi connectivity index (χ4n) is 4.26. The molecule has 0 atom stereocenters. The predicted octanol–water partition coefficient (Wildman–Crippen LogP) is 1.80. The molecule has 1 aromatic rings. The van der Waals surface area contributed by atoms with E-state index in [2.05, 4.69) is 11.0 Å². The molecule has 2 fully saturated rings. The lowest BCUT2D eigenvalue weighted by Crippen LogP contribution is -2.55. The first kappa shape index (κ1) is 17.3. The van der Waals surface area contributed by atoms with Crippen molar-refractivity contribution in [2.24, 2.45) is 0 Å². The van der Waals surface area contributed by atoms with E-state index in [0.717, 1.165) is 70.8 Å². The van der Waals surface area contributed by atoms with Gasteiger partial charge in [0.25, 0.3) is 0 Å². The molecule has 0 unspecified atom stereocenters. The summed E-state index contributed by atoms with van der Waals surface area (Å²) >= 11 is 0. The van der Waals surface area contributed by atoms with E-state index in [0.29, 0.717) is 6.54 Å². The number of nitrogens with zero attached hydrogens (tertiary/aromatic N) is 4. The molecule has 0 aliphatic carbocycles. The van der Waals surface area contributed by atoms with Crippen LogP contribution in [0.15, 0.2) is 24.3 Å². The molecule has 0 saturated carbocycles. The summed E-state index contributed by atoms with van der Waals surface area (Å²) in [5.74, 6) is 0.172. The summed E-state index contributed by atoms with van der Waals surface area (Å²) < 4.78 is 0. The Kier molecular flexibility index (Phi) is 5.11. The zero-order valence-electron chi connectivity index (χ0n) is 15.4. The Bertz CT molecular complexity index is 664. The van der Waals surface area contributed by atoms with Gasteiger partial charge in [-0.05, 0) is 37.3 Å². The molecule has 6 heteroatoms. The van der Waals surface area contributed by atoms with Gasteiger partial charge in [0.1, 0.15) is 0 Å². The van der Waals surface area contributed by atoms with Crippen molar-refractivity contribution in [3.05, 3.63) is 29.8 Å². The Morgan fingerprint density at radius 3 is 2.27 bits per heavy atom. The number of fused-ring (bicyclic) bond motifs is 1. The Hall–Kier alpha value is -2.08. The number of piperidine rings is 1. The molecule has 3 aliphatic heterocycles. The van der Waals surface area contributed by atoms with Gasteiger partial charge in [0.15, 0.2) is 0 Å². The third-order valence-electron chi connectivity index (χ3n) is 5.82. The maximum Gasteiger partial charge on any atom is 0.320 e. The van der Waals surface area contributed by atoms with Crippen LogP contribution in [-0.4, -0.2) is 79.0 Å². The zero-order chi connectivity index (χ0) is 17.9. The van der Waals surface area contributed by atoms with Gasteiger partial charge in [-0.1, -0.05) is 18.2 Å². The number of hydrogen-bond donors (Lipinski definition) is 0. The first-order valence-corrected chi connectivity index (χ1v) is 9.87. The van der Waals surface area contributed by atoms with Gasteiger partial charge in [0.2, 0.25) is 5.91 Å². The Balaban J connectivity index is 1.27. The van der Waals surface area contributed by atoms with Gasteiger partial charge in [-0.2, -0.15) is 0 Å². The molecule has 2 saturated heterocycles. The van der Waals surface area contributed by atoms with Crippen molar-refractivity contribution in [3.63, 3.8) is 0 Å². The minimum atomic E-state index is 0.172. The molecule has 0 N–H and O–H groups in total. The van der Waals surface area contributed by atoms with E-state index in [1.54, 1.807) is 0 Å². The largest absolute Gasteiger partial charge is 0.325 e. The van der Waals surface area contributed by atoms with Gasteiger partial charge in [0, 0.05) is 51.5 Å². The Labute approximate surface area is 155 Å². The third kappa shape index (κ3) is 3.56. The summed E-state index contributed by atoms with van der Waals surface area (Å²) in [6.45, 7) is 6.02. The van der Waals surface area contributed by atoms with Crippen LogP contribution in [0.4, 0.5) is 10.5 Å². The highest BCUT2D eigenvalue weighted by Gasteiger charge is 2.29. The van der Waals surface area contributed by atoms with Crippen LogP contribution < -0.4 is 4.90 Å². The maximum atomic E-state index is 12.7. The van der Waals surface area contributed by atoms with Gasteiger partial charge in [0.05, 0.1) is 6.54 Å². The average molecular weight is 356 g/mol. The second-order valence-electron chi connectivity index (χ2n) is 7.52. The lowest BCUT2D eigenvalue weighted by Gasteiger charge is -2.38. The number of amides is 3. The number of rotatable bonds is 2. The topological polar surface area (TPSA) is 47.1 Å². The number of likely N-dealkylation sites (tertiary alicyclic amines) is 1. The van der Waals surface area contributed by atoms with E-state index in [-0.39, 0.29) is 11.9 Å². The van der Waals surface area contributed by atoms with Gasteiger partial charge in [-0.15, -0.1) is 0 Å². The number of hydrogen-bond acceptors (Lipinski definition) is 3. The SMILES string of the molecule is O=C(N1CCCCC1)N1CCN(CC(=O)N2CCc3ccccc32)CC1. The van der Waals surface area contributed by atoms with Crippen molar-refractivity contribution in [1.29, 1.82) is 0 Å². The maximum absolute atomic E-state index is 12.7. The van der Waals surface area contributed by atoms with E-state index in [1.807, 2.05) is 32.9 Å². The lowest BCUT2D eigenvalue weighted by molar-refractivity contribution is -0.120. The first-order valence-electron chi connectivity index (χ1n) is 9.87. The molecule has 4 rings (SSSR count). The predicted molar refractivity (Wildman–Crippen MR) is 101 cm³/mol. The molecule has 3 aliphatic rings. The van der Waals surface area contributed by atoms with Gasteiger partial charge in [-0.25, -0.2) is 4.79 Å². The normalized spacial score (nSPS) is 21.0. The molecular weight excluding hydrogens is 328 g/mol. The van der Waals surface area contributed by atoms with Crippen LogP contribution in [0.25, 0.3) is 0 Å². The molecule has 0 spiro atoms. The second kappa shape index (κ2) is 7.66. The molecule has 0 aromatic heterocycles. The van der Waals surface area contributed by atoms with Crippen molar-refractivity contribution in [1.82, 2.24) is 14.7 Å². The number of para-hydroxylation sites is 1. The standard InChI is InChI=1S/C20H28N4O2/c25-19(24-11-8-17-6-2-3-7-18(17)24)16-21-12-14-23(15-13-21)20(26)22-9-4-1-5-10-22/h2-3,6-7H,1,4-5,8-16H2.